The average molecular weight is 364 g/mol. The predicted octanol–water partition coefficient (Wildman–Crippen LogP) is 2.40. The lowest BCUT2D eigenvalue weighted by Gasteiger charge is -2.11. The molecule has 8 nitrogen and oxygen atoms in total. The van der Waals surface area contributed by atoms with Crippen molar-refractivity contribution >= 4 is 23.4 Å². The summed E-state index contributed by atoms with van der Waals surface area (Å²) in [4.78, 5) is 16.6. The number of ether oxygens (including phenoxy) is 3. The van der Waals surface area contributed by atoms with Gasteiger partial charge in [-0.1, -0.05) is 11.8 Å². The quantitative estimate of drug-likeness (QED) is 0.728. The molecule has 1 atom stereocenters. The number of rotatable bonds is 7. The number of nitrogens with one attached hydrogen (secondary N) is 2. The zero-order chi connectivity index (χ0) is 17.6. The van der Waals surface area contributed by atoms with E-state index in [1.165, 1.54) is 11.8 Å². The lowest BCUT2D eigenvalue weighted by molar-refractivity contribution is -0.113. The van der Waals surface area contributed by atoms with Crippen LogP contribution in [0.2, 0.25) is 0 Å². The monoisotopic (exact) mass is 364 g/mol. The summed E-state index contributed by atoms with van der Waals surface area (Å²) in [5.41, 5.74) is 0.558. The highest BCUT2D eigenvalue weighted by atomic mass is 32.2. The number of aromatic amines is 1. The number of carbonyl (C=O) groups excluding carboxylic acids is 1. The molecule has 0 saturated carbocycles. The van der Waals surface area contributed by atoms with Crippen LogP contribution in [-0.4, -0.2) is 47.7 Å². The summed E-state index contributed by atoms with van der Waals surface area (Å²) in [6.07, 6.45) is 1.95. The first kappa shape index (κ1) is 17.6. The number of methoxy groups -OCH3 is 2. The van der Waals surface area contributed by atoms with Crippen LogP contribution in [0.1, 0.15) is 24.8 Å². The first-order valence-electron chi connectivity index (χ1n) is 7.88. The first-order chi connectivity index (χ1) is 12.2. The number of thioether (sulfide) groups is 1. The predicted molar refractivity (Wildman–Crippen MR) is 93.2 cm³/mol. The van der Waals surface area contributed by atoms with Crippen LogP contribution < -0.4 is 14.8 Å². The fraction of sp³-hybridized carbons (Fsp3) is 0.438. The van der Waals surface area contributed by atoms with E-state index in [2.05, 4.69) is 20.5 Å². The van der Waals surface area contributed by atoms with Gasteiger partial charge >= 0.3 is 0 Å². The largest absolute Gasteiger partial charge is 0.497 e. The molecule has 1 aliphatic rings. The van der Waals surface area contributed by atoms with E-state index in [0.29, 0.717) is 22.3 Å². The molecular weight excluding hydrogens is 344 g/mol. The second-order valence-corrected chi connectivity index (χ2v) is 6.35. The number of aromatic nitrogens is 3. The smallest absolute Gasteiger partial charge is 0.234 e. The van der Waals surface area contributed by atoms with E-state index in [0.717, 1.165) is 25.3 Å². The van der Waals surface area contributed by atoms with Crippen molar-refractivity contribution in [2.75, 3.05) is 31.9 Å². The third-order valence-electron chi connectivity index (χ3n) is 3.73. The lowest BCUT2D eigenvalue weighted by atomic mass is 10.2. The van der Waals surface area contributed by atoms with Gasteiger partial charge in [0.25, 0.3) is 0 Å². The van der Waals surface area contributed by atoms with Gasteiger partial charge in [0.2, 0.25) is 11.1 Å². The first-order valence-corrected chi connectivity index (χ1v) is 8.86. The molecule has 2 heterocycles. The van der Waals surface area contributed by atoms with Gasteiger partial charge in [-0.2, -0.15) is 0 Å². The summed E-state index contributed by atoms with van der Waals surface area (Å²) in [5.74, 6) is 1.93. The van der Waals surface area contributed by atoms with Crippen LogP contribution in [0.5, 0.6) is 11.5 Å². The van der Waals surface area contributed by atoms with Crippen LogP contribution in [0.15, 0.2) is 23.4 Å². The number of H-pyrrole nitrogens is 1. The normalized spacial score (nSPS) is 16.6. The Bertz CT molecular complexity index is 731. The fourth-order valence-corrected chi connectivity index (χ4v) is 3.09. The minimum Gasteiger partial charge on any atom is -0.497 e. The minimum absolute atomic E-state index is 0.0169. The van der Waals surface area contributed by atoms with Crippen LogP contribution in [0.25, 0.3) is 0 Å². The van der Waals surface area contributed by atoms with Gasteiger partial charge in [-0.15, -0.1) is 5.10 Å². The molecule has 1 amide bonds. The van der Waals surface area contributed by atoms with Crippen LogP contribution in [0.4, 0.5) is 5.69 Å². The van der Waals surface area contributed by atoms with Gasteiger partial charge < -0.3 is 19.5 Å². The highest BCUT2D eigenvalue weighted by Gasteiger charge is 2.21. The van der Waals surface area contributed by atoms with Crippen molar-refractivity contribution in [3.8, 4) is 11.5 Å². The van der Waals surface area contributed by atoms with E-state index in [-0.39, 0.29) is 17.8 Å². The molecule has 1 aliphatic heterocycles. The van der Waals surface area contributed by atoms with Gasteiger partial charge in [-0.3, -0.25) is 9.89 Å². The minimum atomic E-state index is -0.181. The molecule has 9 heteroatoms. The SMILES string of the molecule is COc1ccc(OC)c(NC(=O)CSc2n[nH]c([C@H]3CCCO3)n2)c1. The topological polar surface area (TPSA) is 98.4 Å². The van der Waals surface area contributed by atoms with Crippen LogP contribution in [0.3, 0.4) is 0 Å². The summed E-state index contributed by atoms with van der Waals surface area (Å²) in [5, 5.41) is 10.3. The zero-order valence-corrected chi connectivity index (χ0v) is 14.9. The van der Waals surface area contributed by atoms with Gasteiger partial charge in [-0.05, 0) is 25.0 Å². The molecular formula is C16H20N4O4S. The summed E-state index contributed by atoms with van der Waals surface area (Å²) < 4.78 is 16.0. The van der Waals surface area contributed by atoms with Gasteiger partial charge in [0.15, 0.2) is 5.82 Å². The van der Waals surface area contributed by atoms with Crippen LogP contribution in [0, 0.1) is 0 Å². The number of hydrogen-bond acceptors (Lipinski definition) is 7. The summed E-state index contributed by atoms with van der Waals surface area (Å²) >= 11 is 1.26. The Morgan fingerprint density at radius 2 is 2.32 bits per heavy atom. The maximum absolute atomic E-state index is 12.2. The van der Waals surface area contributed by atoms with Crippen LogP contribution in [-0.2, 0) is 9.53 Å². The van der Waals surface area contributed by atoms with E-state index in [1.54, 1.807) is 32.4 Å². The third kappa shape index (κ3) is 4.43. The van der Waals surface area contributed by atoms with Gasteiger partial charge in [-0.25, -0.2) is 4.98 Å². The van der Waals surface area contributed by atoms with Crippen molar-refractivity contribution in [3.05, 3.63) is 24.0 Å². The van der Waals surface area contributed by atoms with Crippen LogP contribution >= 0.6 is 11.8 Å². The lowest BCUT2D eigenvalue weighted by Crippen LogP contribution is -2.15. The molecule has 2 N–H and O–H groups in total. The van der Waals surface area contributed by atoms with E-state index < -0.39 is 0 Å². The van der Waals surface area contributed by atoms with Crippen molar-refractivity contribution in [2.24, 2.45) is 0 Å². The van der Waals surface area contributed by atoms with Gasteiger partial charge in [0, 0.05) is 12.7 Å². The Balaban J connectivity index is 1.56. The summed E-state index contributed by atoms with van der Waals surface area (Å²) in [6.45, 7) is 0.749. The Kier molecular flexibility index (Phi) is 5.77. The molecule has 2 aromatic rings. The van der Waals surface area contributed by atoms with Crippen molar-refractivity contribution in [1.82, 2.24) is 15.2 Å². The maximum atomic E-state index is 12.2. The van der Waals surface area contributed by atoms with Crippen molar-refractivity contribution in [3.63, 3.8) is 0 Å². The number of anilines is 1. The number of amides is 1. The van der Waals surface area contributed by atoms with E-state index in [9.17, 15) is 4.79 Å². The van der Waals surface area contributed by atoms with E-state index >= 15 is 0 Å². The number of hydrogen-bond donors (Lipinski definition) is 2. The maximum Gasteiger partial charge on any atom is 0.234 e. The fourth-order valence-electron chi connectivity index (χ4n) is 2.49. The number of benzene rings is 1. The number of nitrogens with zero attached hydrogens (tertiary/aromatic N) is 2. The molecule has 1 aromatic heterocycles. The standard InChI is InChI=1S/C16H20N4O4S/c1-22-10-5-6-12(23-2)11(8-10)17-14(21)9-25-16-18-15(19-20-16)13-4-3-7-24-13/h5-6,8,13H,3-4,7,9H2,1-2H3,(H,17,21)(H,18,19,20)/t13-/m1/s1. The molecule has 25 heavy (non-hydrogen) atoms. The second kappa shape index (κ2) is 8.21. The van der Waals surface area contributed by atoms with Gasteiger partial charge in [0.1, 0.15) is 17.6 Å². The molecule has 0 unspecified atom stereocenters. The van der Waals surface area contributed by atoms with E-state index in [1.807, 2.05) is 0 Å². The molecule has 1 saturated heterocycles. The van der Waals surface area contributed by atoms with Crippen molar-refractivity contribution in [1.29, 1.82) is 0 Å². The molecule has 0 spiro atoms. The number of carbonyl (C=O) groups is 1. The Labute approximate surface area is 149 Å². The zero-order valence-electron chi connectivity index (χ0n) is 14.1. The summed E-state index contributed by atoms with van der Waals surface area (Å²) in [6, 6.07) is 5.22. The molecule has 0 aliphatic carbocycles. The highest BCUT2D eigenvalue weighted by molar-refractivity contribution is 7.99. The third-order valence-corrected chi connectivity index (χ3v) is 4.58. The second-order valence-electron chi connectivity index (χ2n) is 5.41. The van der Waals surface area contributed by atoms with E-state index in [4.69, 9.17) is 14.2 Å². The summed E-state index contributed by atoms with van der Waals surface area (Å²) in [7, 11) is 3.12. The molecule has 3 rings (SSSR count). The Hall–Kier alpha value is -2.26. The Morgan fingerprint density at radius 3 is 3.04 bits per heavy atom. The highest BCUT2D eigenvalue weighted by Crippen LogP contribution is 2.29. The molecule has 1 aromatic carbocycles. The molecule has 134 valence electrons. The van der Waals surface area contributed by atoms with Crippen molar-refractivity contribution < 1.29 is 19.0 Å². The molecule has 0 bridgehead atoms. The van der Waals surface area contributed by atoms with Crippen molar-refractivity contribution in [2.45, 2.75) is 24.1 Å². The molecule has 1 fully saturated rings. The molecule has 0 radical (unpaired) electrons. The van der Waals surface area contributed by atoms with Gasteiger partial charge in [0.05, 0.1) is 25.7 Å². The average Bonchev–Trinajstić information content (AvgIpc) is 3.31. The Morgan fingerprint density at radius 1 is 1.44 bits per heavy atom.